The second-order valence-corrected chi connectivity index (χ2v) is 4.55. The van der Waals surface area contributed by atoms with Gasteiger partial charge in [0.15, 0.2) is 11.5 Å². The molecule has 0 saturated carbocycles. The molecule has 5 heteroatoms. The van der Waals surface area contributed by atoms with Gasteiger partial charge in [-0.05, 0) is 42.0 Å². The highest BCUT2D eigenvalue weighted by Crippen LogP contribution is 2.30. The first-order chi connectivity index (χ1) is 10.2. The topological polar surface area (TPSA) is 56.5 Å². The molecular weight excluding hydrogens is 271 g/mol. The van der Waals surface area contributed by atoms with Crippen molar-refractivity contribution in [1.82, 2.24) is 0 Å². The minimum atomic E-state index is -0.268. The highest BCUT2D eigenvalue weighted by Gasteiger charge is 2.13. The molecular formula is C16H19FN2O2. The summed E-state index contributed by atoms with van der Waals surface area (Å²) in [5.74, 6) is 1.05. The zero-order valence-corrected chi connectivity index (χ0v) is 12.1. The molecule has 4 nitrogen and oxygen atoms in total. The van der Waals surface area contributed by atoms with E-state index in [1.54, 1.807) is 26.4 Å². The van der Waals surface area contributed by atoms with Crippen molar-refractivity contribution >= 4 is 5.69 Å². The molecule has 0 radical (unpaired) electrons. The molecule has 0 aromatic heterocycles. The van der Waals surface area contributed by atoms with Crippen LogP contribution in [0.15, 0.2) is 42.5 Å². The molecule has 0 aliphatic carbocycles. The number of hydrogen-bond acceptors (Lipinski definition) is 4. The molecule has 0 saturated heterocycles. The Bertz CT molecular complexity index is 587. The van der Waals surface area contributed by atoms with Crippen molar-refractivity contribution in [3.63, 3.8) is 0 Å². The van der Waals surface area contributed by atoms with Crippen LogP contribution in [0.5, 0.6) is 11.5 Å². The van der Waals surface area contributed by atoms with E-state index in [0.717, 1.165) is 11.3 Å². The van der Waals surface area contributed by atoms with Crippen molar-refractivity contribution in [3.05, 3.63) is 53.8 Å². The summed E-state index contributed by atoms with van der Waals surface area (Å²) in [4.78, 5) is 0. The third-order valence-corrected chi connectivity index (χ3v) is 3.23. The standard InChI is InChI=1S/C16H19FN2O2/c1-20-15-8-3-11(9-16(15)21-2)14(10-18)19-13-6-4-12(17)5-7-13/h3-9,14,19H,10,18H2,1-2H3. The molecule has 0 fully saturated rings. The van der Waals surface area contributed by atoms with E-state index in [1.807, 2.05) is 18.2 Å². The van der Waals surface area contributed by atoms with Gasteiger partial charge in [-0.15, -0.1) is 0 Å². The molecule has 112 valence electrons. The average molecular weight is 290 g/mol. The quantitative estimate of drug-likeness (QED) is 0.859. The maximum Gasteiger partial charge on any atom is 0.161 e. The normalized spacial score (nSPS) is 11.8. The van der Waals surface area contributed by atoms with E-state index in [4.69, 9.17) is 15.2 Å². The molecule has 0 aliphatic heterocycles. The van der Waals surface area contributed by atoms with E-state index in [9.17, 15) is 4.39 Å². The fourth-order valence-corrected chi connectivity index (χ4v) is 2.10. The Hall–Kier alpha value is -2.27. The summed E-state index contributed by atoms with van der Waals surface area (Å²) in [5.41, 5.74) is 7.61. The van der Waals surface area contributed by atoms with Gasteiger partial charge in [-0.1, -0.05) is 6.07 Å². The van der Waals surface area contributed by atoms with Crippen molar-refractivity contribution in [3.8, 4) is 11.5 Å². The molecule has 0 bridgehead atoms. The molecule has 1 unspecified atom stereocenters. The number of nitrogens with one attached hydrogen (secondary N) is 1. The van der Waals surface area contributed by atoms with Crippen LogP contribution in [-0.2, 0) is 0 Å². The van der Waals surface area contributed by atoms with Crippen molar-refractivity contribution in [2.24, 2.45) is 5.73 Å². The largest absolute Gasteiger partial charge is 0.493 e. The Morgan fingerprint density at radius 3 is 2.29 bits per heavy atom. The SMILES string of the molecule is COc1ccc(C(CN)Nc2ccc(F)cc2)cc1OC. The van der Waals surface area contributed by atoms with Gasteiger partial charge in [0.25, 0.3) is 0 Å². The summed E-state index contributed by atoms with van der Waals surface area (Å²) in [7, 11) is 3.18. The van der Waals surface area contributed by atoms with E-state index in [1.165, 1.54) is 12.1 Å². The molecule has 0 spiro atoms. The lowest BCUT2D eigenvalue weighted by atomic mass is 10.1. The van der Waals surface area contributed by atoms with Crippen LogP contribution in [0.2, 0.25) is 0 Å². The minimum absolute atomic E-state index is 0.102. The van der Waals surface area contributed by atoms with Gasteiger partial charge in [-0.25, -0.2) is 4.39 Å². The van der Waals surface area contributed by atoms with Gasteiger partial charge < -0.3 is 20.5 Å². The van der Waals surface area contributed by atoms with E-state index >= 15 is 0 Å². The third-order valence-electron chi connectivity index (χ3n) is 3.23. The predicted octanol–water partition coefficient (Wildman–Crippen LogP) is 2.95. The van der Waals surface area contributed by atoms with Crippen molar-refractivity contribution < 1.29 is 13.9 Å². The number of anilines is 1. The van der Waals surface area contributed by atoms with E-state index in [0.29, 0.717) is 18.0 Å². The number of rotatable bonds is 6. The van der Waals surface area contributed by atoms with E-state index in [-0.39, 0.29) is 11.9 Å². The lowest BCUT2D eigenvalue weighted by molar-refractivity contribution is 0.354. The molecule has 0 amide bonds. The van der Waals surface area contributed by atoms with Crippen LogP contribution in [0.1, 0.15) is 11.6 Å². The first-order valence-electron chi connectivity index (χ1n) is 6.62. The minimum Gasteiger partial charge on any atom is -0.493 e. The van der Waals surface area contributed by atoms with Gasteiger partial charge in [0.05, 0.1) is 20.3 Å². The Morgan fingerprint density at radius 1 is 1.05 bits per heavy atom. The molecule has 2 aromatic rings. The Labute approximate surface area is 123 Å². The Balaban J connectivity index is 2.22. The van der Waals surface area contributed by atoms with Crippen LogP contribution in [0.4, 0.5) is 10.1 Å². The van der Waals surface area contributed by atoms with Crippen LogP contribution < -0.4 is 20.5 Å². The highest BCUT2D eigenvalue weighted by atomic mass is 19.1. The van der Waals surface area contributed by atoms with Gasteiger partial charge in [-0.2, -0.15) is 0 Å². The van der Waals surface area contributed by atoms with Gasteiger partial charge >= 0.3 is 0 Å². The van der Waals surface area contributed by atoms with Crippen LogP contribution >= 0.6 is 0 Å². The fraction of sp³-hybridized carbons (Fsp3) is 0.250. The van der Waals surface area contributed by atoms with E-state index < -0.39 is 0 Å². The predicted molar refractivity (Wildman–Crippen MR) is 81.4 cm³/mol. The Morgan fingerprint density at radius 2 is 1.71 bits per heavy atom. The van der Waals surface area contributed by atoms with Gasteiger partial charge in [0, 0.05) is 12.2 Å². The maximum atomic E-state index is 12.9. The van der Waals surface area contributed by atoms with E-state index in [2.05, 4.69) is 5.32 Å². The Kier molecular flexibility index (Phi) is 5.00. The molecule has 0 aliphatic rings. The average Bonchev–Trinajstić information content (AvgIpc) is 2.53. The summed E-state index contributed by atoms with van der Waals surface area (Å²) in [6, 6.07) is 11.7. The number of methoxy groups -OCH3 is 2. The maximum absolute atomic E-state index is 12.9. The molecule has 21 heavy (non-hydrogen) atoms. The van der Waals surface area contributed by atoms with Crippen LogP contribution in [-0.4, -0.2) is 20.8 Å². The summed E-state index contributed by atoms with van der Waals surface area (Å²) in [6.45, 7) is 0.396. The second-order valence-electron chi connectivity index (χ2n) is 4.55. The number of hydrogen-bond donors (Lipinski definition) is 2. The van der Waals surface area contributed by atoms with Crippen LogP contribution in [0, 0.1) is 5.82 Å². The molecule has 2 rings (SSSR count). The highest BCUT2D eigenvalue weighted by molar-refractivity contribution is 5.49. The number of ether oxygens (including phenoxy) is 2. The van der Waals surface area contributed by atoms with Gasteiger partial charge in [0.2, 0.25) is 0 Å². The molecule has 3 N–H and O–H groups in total. The summed E-state index contributed by atoms with van der Waals surface area (Å²) in [5, 5.41) is 3.27. The van der Waals surface area contributed by atoms with Gasteiger partial charge in [-0.3, -0.25) is 0 Å². The second kappa shape index (κ2) is 6.95. The molecule has 1 atom stereocenters. The summed E-state index contributed by atoms with van der Waals surface area (Å²) >= 11 is 0. The third kappa shape index (κ3) is 3.64. The first-order valence-corrected chi connectivity index (χ1v) is 6.62. The molecule has 2 aromatic carbocycles. The van der Waals surface area contributed by atoms with Gasteiger partial charge in [0.1, 0.15) is 5.82 Å². The van der Waals surface area contributed by atoms with Crippen molar-refractivity contribution in [1.29, 1.82) is 0 Å². The fourth-order valence-electron chi connectivity index (χ4n) is 2.10. The van der Waals surface area contributed by atoms with Crippen LogP contribution in [0.25, 0.3) is 0 Å². The van der Waals surface area contributed by atoms with Crippen LogP contribution in [0.3, 0.4) is 0 Å². The summed E-state index contributed by atoms with van der Waals surface area (Å²) < 4.78 is 23.4. The monoisotopic (exact) mass is 290 g/mol. The molecule has 0 heterocycles. The number of benzene rings is 2. The lowest BCUT2D eigenvalue weighted by Crippen LogP contribution is -2.20. The zero-order chi connectivity index (χ0) is 15.2. The smallest absolute Gasteiger partial charge is 0.161 e. The van der Waals surface area contributed by atoms with Crippen molar-refractivity contribution in [2.75, 3.05) is 26.1 Å². The zero-order valence-electron chi connectivity index (χ0n) is 12.1. The number of nitrogens with two attached hydrogens (primary N) is 1. The number of halogens is 1. The van der Waals surface area contributed by atoms with Crippen molar-refractivity contribution in [2.45, 2.75) is 6.04 Å². The lowest BCUT2D eigenvalue weighted by Gasteiger charge is -2.20. The first kappa shape index (κ1) is 15.1. The summed E-state index contributed by atoms with van der Waals surface area (Å²) in [6.07, 6.45) is 0.